The molecule has 1 aromatic carbocycles. The Bertz CT molecular complexity index is 469. The van der Waals surface area contributed by atoms with Crippen molar-refractivity contribution in [3.8, 4) is 0 Å². The number of benzene rings is 1. The second-order valence-electron chi connectivity index (χ2n) is 3.38. The molecule has 1 aromatic rings. The van der Waals surface area contributed by atoms with Crippen molar-refractivity contribution >= 4 is 17.9 Å². The molecule has 0 amide bonds. The van der Waals surface area contributed by atoms with Gasteiger partial charge in [-0.25, -0.2) is 0 Å². The summed E-state index contributed by atoms with van der Waals surface area (Å²) in [6.07, 6.45) is 1.39. The summed E-state index contributed by atoms with van der Waals surface area (Å²) in [4.78, 5) is 11.5. The van der Waals surface area contributed by atoms with Gasteiger partial charge in [-0.15, -0.1) is 0 Å². The molecule has 0 saturated carbocycles. The third-order valence-corrected chi connectivity index (χ3v) is 2.58. The fraction of sp³-hybridized carbons (Fsp3) is 0.357. The Morgan fingerprint density at radius 2 is 2.00 bits per heavy atom. The van der Waals surface area contributed by atoms with Crippen LogP contribution in [-0.4, -0.2) is 5.78 Å². The Kier molecular flexibility index (Phi) is 3.84. The summed E-state index contributed by atoms with van der Waals surface area (Å²) in [5.74, 6) is 0.272. The second-order valence-corrected chi connectivity index (χ2v) is 3.38. The molecule has 0 fully saturated rings. The summed E-state index contributed by atoms with van der Waals surface area (Å²) in [6.45, 7) is 9.97. The summed E-state index contributed by atoms with van der Waals surface area (Å²) in [5, 5.41) is 2.09. The molecule has 2 rings (SSSR count). The van der Waals surface area contributed by atoms with Crippen molar-refractivity contribution in [2.45, 2.75) is 33.6 Å². The minimum atomic E-state index is 0.272. The van der Waals surface area contributed by atoms with E-state index >= 15 is 0 Å². The third-order valence-electron chi connectivity index (χ3n) is 2.58. The highest BCUT2D eigenvalue weighted by molar-refractivity contribution is 6.18. The standard InChI is InChI=1S/C12H12O.C2H6/c1-3-10-11(13)7-9-6-4-5-8(2)12(9)10;1-2/h4-6H,2-3,7H2,1H3;1-2H3. The van der Waals surface area contributed by atoms with Crippen LogP contribution in [0.3, 0.4) is 0 Å². The summed E-state index contributed by atoms with van der Waals surface area (Å²) in [5.41, 5.74) is 2.11. The van der Waals surface area contributed by atoms with Gasteiger partial charge in [0, 0.05) is 12.0 Å². The van der Waals surface area contributed by atoms with Crippen molar-refractivity contribution in [2.24, 2.45) is 0 Å². The van der Waals surface area contributed by atoms with Gasteiger partial charge in [0.25, 0.3) is 0 Å². The number of hydrogen-bond donors (Lipinski definition) is 0. The molecule has 0 radical (unpaired) electrons. The van der Waals surface area contributed by atoms with Gasteiger partial charge in [-0.05, 0) is 22.4 Å². The Balaban J connectivity index is 0.000000531. The minimum absolute atomic E-state index is 0.272. The third kappa shape index (κ3) is 2.01. The smallest absolute Gasteiger partial charge is 0.163 e. The lowest BCUT2D eigenvalue weighted by atomic mass is 10.1. The molecule has 1 aliphatic carbocycles. The first-order valence-corrected chi connectivity index (χ1v) is 5.57. The highest BCUT2D eigenvalue weighted by atomic mass is 16.1. The minimum Gasteiger partial charge on any atom is -0.294 e. The van der Waals surface area contributed by atoms with Gasteiger partial charge in [0.05, 0.1) is 0 Å². The topological polar surface area (TPSA) is 17.1 Å². The lowest BCUT2D eigenvalue weighted by molar-refractivity contribution is -0.113. The van der Waals surface area contributed by atoms with Crippen LogP contribution >= 0.6 is 0 Å². The first-order chi connectivity index (χ1) is 7.24. The zero-order valence-electron chi connectivity index (χ0n) is 9.76. The van der Waals surface area contributed by atoms with Crippen LogP contribution in [0.15, 0.2) is 18.2 Å². The maximum atomic E-state index is 11.5. The number of rotatable bonds is 1. The lowest BCUT2D eigenvalue weighted by Gasteiger charge is -1.93. The van der Waals surface area contributed by atoms with Crippen molar-refractivity contribution < 1.29 is 4.79 Å². The van der Waals surface area contributed by atoms with Crippen LogP contribution in [0, 0.1) is 0 Å². The van der Waals surface area contributed by atoms with Crippen molar-refractivity contribution in [3.05, 3.63) is 34.2 Å². The predicted molar refractivity (Wildman–Crippen MR) is 65.0 cm³/mol. The molecule has 0 aliphatic heterocycles. The molecule has 0 unspecified atom stereocenters. The number of carbonyl (C=O) groups excluding carboxylic acids is 1. The van der Waals surface area contributed by atoms with Gasteiger partial charge in [-0.1, -0.05) is 45.5 Å². The van der Waals surface area contributed by atoms with Crippen molar-refractivity contribution in [1.29, 1.82) is 0 Å². The number of Topliss-reactive ketones (excluding diaryl/α,β-unsaturated/α-hetero) is 1. The molecule has 1 nitrogen and oxygen atoms in total. The van der Waals surface area contributed by atoms with Crippen LogP contribution in [-0.2, 0) is 11.2 Å². The summed E-state index contributed by atoms with van der Waals surface area (Å²) in [6, 6.07) is 5.95. The normalized spacial score (nSPS) is 13.3. The molecule has 1 heteroatoms. The van der Waals surface area contributed by atoms with E-state index in [2.05, 4.69) is 6.58 Å². The van der Waals surface area contributed by atoms with E-state index in [4.69, 9.17) is 0 Å². The molecular formula is C14H18O. The highest BCUT2D eigenvalue weighted by Gasteiger charge is 2.18. The summed E-state index contributed by atoms with van der Waals surface area (Å²) >= 11 is 0. The van der Waals surface area contributed by atoms with Gasteiger partial charge < -0.3 is 0 Å². The van der Waals surface area contributed by atoms with Gasteiger partial charge in [-0.3, -0.25) is 4.79 Å². The van der Waals surface area contributed by atoms with Crippen LogP contribution in [0.25, 0.3) is 12.2 Å². The molecule has 80 valence electrons. The summed E-state index contributed by atoms with van der Waals surface area (Å²) in [7, 11) is 0. The van der Waals surface area contributed by atoms with E-state index in [-0.39, 0.29) is 5.78 Å². The molecule has 1 aliphatic rings. The van der Waals surface area contributed by atoms with Crippen LogP contribution in [0.4, 0.5) is 0 Å². The van der Waals surface area contributed by atoms with E-state index in [0.717, 1.165) is 28.0 Å². The molecule has 15 heavy (non-hydrogen) atoms. The second kappa shape index (κ2) is 4.92. The van der Waals surface area contributed by atoms with Crippen LogP contribution in [0.5, 0.6) is 0 Å². The number of hydrogen-bond acceptors (Lipinski definition) is 1. The maximum Gasteiger partial charge on any atom is 0.163 e. The average Bonchev–Trinajstić information content (AvgIpc) is 2.58. The lowest BCUT2D eigenvalue weighted by Crippen LogP contribution is -2.26. The number of fused-ring (bicyclic) bond motifs is 1. The van der Waals surface area contributed by atoms with Crippen molar-refractivity contribution in [2.75, 3.05) is 0 Å². The molecule has 0 saturated heterocycles. The Hall–Kier alpha value is -1.37. The highest BCUT2D eigenvalue weighted by Crippen LogP contribution is 2.11. The Morgan fingerprint density at radius 3 is 2.60 bits per heavy atom. The molecule has 0 N–H and O–H groups in total. The van der Waals surface area contributed by atoms with Crippen LogP contribution in [0.1, 0.15) is 32.8 Å². The number of carbonyl (C=O) groups is 1. The van der Waals surface area contributed by atoms with Gasteiger partial charge >= 0.3 is 0 Å². The van der Waals surface area contributed by atoms with Crippen LogP contribution in [0.2, 0.25) is 0 Å². The van der Waals surface area contributed by atoms with E-state index in [1.54, 1.807) is 0 Å². The Morgan fingerprint density at radius 1 is 1.33 bits per heavy atom. The molecule has 0 heterocycles. The zero-order valence-corrected chi connectivity index (χ0v) is 9.76. The molecule has 0 aromatic heterocycles. The van der Waals surface area contributed by atoms with Gasteiger partial charge in [-0.2, -0.15) is 0 Å². The fourth-order valence-corrected chi connectivity index (χ4v) is 1.98. The van der Waals surface area contributed by atoms with E-state index in [9.17, 15) is 4.79 Å². The molecule has 0 atom stereocenters. The average molecular weight is 202 g/mol. The summed E-state index contributed by atoms with van der Waals surface area (Å²) < 4.78 is 0. The molecular weight excluding hydrogens is 184 g/mol. The molecule has 0 spiro atoms. The van der Waals surface area contributed by atoms with E-state index in [0.29, 0.717) is 6.42 Å². The van der Waals surface area contributed by atoms with Crippen molar-refractivity contribution in [1.82, 2.24) is 0 Å². The maximum absolute atomic E-state index is 11.5. The van der Waals surface area contributed by atoms with Crippen molar-refractivity contribution in [3.63, 3.8) is 0 Å². The quantitative estimate of drug-likeness (QED) is 0.679. The van der Waals surface area contributed by atoms with E-state index in [1.807, 2.05) is 39.0 Å². The van der Waals surface area contributed by atoms with Gasteiger partial charge in [0.2, 0.25) is 0 Å². The molecule has 0 bridgehead atoms. The van der Waals surface area contributed by atoms with Gasteiger partial charge in [0.15, 0.2) is 5.78 Å². The van der Waals surface area contributed by atoms with E-state index in [1.165, 1.54) is 0 Å². The largest absolute Gasteiger partial charge is 0.294 e. The SMILES string of the molecule is C=c1cccc2c1=C(CC)C(=O)C2.CC. The predicted octanol–water partition coefficient (Wildman–Crippen LogP) is 1.81. The first kappa shape index (κ1) is 11.7. The number of ketones is 1. The first-order valence-electron chi connectivity index (χ1n) is 5.57. The van der Waals surface area contributed by atoms with Gasteiger partial charge in [0.1, 0.15) is 0 Å². The van der Waals surface area contributed by atoms with E-state index < -0.39 is 0 Å². The fourth-order valence-electron chi connectivity index (χ4n) is 1.98. The monoisotopic (exact) mass is 202 g/mol. The zero-order chi connectivity index (χ0) is 11.4. The van der Waals surface area contributed by atoms with Crippen LogP contribution < -0.4 is 10.4 Å². The Labute approximate surface area is 91.1 Å².